The SMILES string of the molecule is Cc1ccccc1C(C(C)N)N(C)CC(=O)N(C)C. The zero-order valence-electron chi connectivity index (χ0n) is 12.6. The second-order valence-corrected chi connectivity index (χ2v) is 5.36. The van der Waals surface area contributed by atoms with Crippen LogP contribution in [0.2, 0.25) is 0 Å². The number of nitrogens with two attached hydrogens (primary N) is 1. The average Bonchev–Trinajstić information content (AvgIpc) is 2.31. The lowest BCUT2D eigenvalue weighted by Crippen LogP contribution is -2.42. The van der Waals surface area contributed by atoms with Gasteiger partial charge in [-0.2, -0.15) is 0 Å². The number of carbonyl (C=O) groups is 1. The van der Waals surface area contributed by atoms with Gasteiger partial charge in [0.15, 0.2) is 0 Å². The Morgan fingerprint density at radius 2 is 1.84 bits per heavy atom. The minimum absolute atomic E-state index is 0.0407. The molecule has 0 saturated carbocycles. The van der Waals surface area contributed by atoms with Crippen molar-refractivity contribution in [3.63, 3.8) is 0 Å². The minimum Gasteiger partial charge on any atom is -0.348 e. The molecule has 106 valence electrons. The van der Waals surface area contributed by atoms with Crippen LogP contribution < -0.4 is 5.73 Å². The molecule has 0 aliphatic rings. The maximum absolute atomic E-state index is 11.8. The fraction of sp³-hybridized carbons (Fsp3) is 0.533. The van der Waals surface area contributed by atoms with E-state index in [0.717, 1.165) is 0 Å². The van der Waals surface area contributed by atoms with Crippen molar-refractivity contribution in [1.82, 2.24) is 9.80 Å². The van der Waals surface area contributed by atoms with Crippen molar-refractivity contribution < 1.29 is 4.79 Å². The fourth-order valence-electron chi connectivity index (χ4n) is 2.29. The van der Waals surface area contributed by atoms with Crippen LogP contribution in [0.15, 0.2) is 24.3 Å². The molecule has 1 amide bonds. The molecular formula is C15H25N3O. The van der Waals surface area contributed by atoms with Gasteiger partial charge in [0.1, 0.15) is 0 Å². The van der Waals surface area contributed by atoms with Crippen LogP contribution in [0.1, 0.15) is 24.1 Å². The number of benzene rings is 1. The summed E-state index contributed by atoms with van der Waals surface area (Å²) in [5.41, 5.74) is 8.51. The lowest BCUT2D eigenvalue weighted by molar-refractivity contribution is -0.130. The summed E-state index contributed by atoms with van der Waals surface area (Å²) in [6, 6.07) is 8.19. The summed E-state index contributed by atoms with van der Waals surface area (Å²) >= 11 is 0. The minimum atomic E-state index is -0.0407. The highest BCUT2D eigenvalue weighted by atomic mass is 16.2. The molecule has 1 aromatic carbocycles. The monoisotopic (exact) mass is 263 g/mol. The van der Waals surface area contributed by atoms with Crippen LogP contribution in [0.3, 0.4) is 0 Å². The summed E-state index contributed by atoms with van der Waals surface area (Å²) in [5, 5.41) is 0. The van der Waals surface area contributed by atoms with Gasteiger partial charge in [-0.3, -0.25) is 9.69 Å². The van der Waals surface area contributed by atoms with Gasteiger partial charge in [0.2, 0.25) is 5.91 Å². The largest absolute Gasteiger partial charge is 0.348 e. The van der Waals surface area contributed by atoms with E-state index in [1.54, 1.807) is 19.0 Å². The fourth-order valence-corrected chi connectivity index (χ4v) is 2.29. The predicted molar refractivity (Wildman–Crippen MR) is 78.9 cm³/mol. The highest BCUT2D eigenvalue weighted by molar-refractivity contribution is 5.77. The van der Waals surface area contributed by atoms with E-state index in [1.807, 2.05) is 31.0 Å². The second-order valence-electron chi connectivity index (χ2n) is 5.36. The standard InChI is InChI=1S/C15H25N3O/c1-11-8-6-7-9-13(11)15(12(2)16)18(5)10-14(19)17(3)4/h6-9,12,15H,10,16H2,1-5H3. The Kier molecular flexibility index (Phi) is 5.51. The summed E-state index contributed by atoms with van der Waals surface area (Å²) in [7, 11) is 5.48. The Balaban J connectivity index is 2.96. The Morgan fingerprint density at radius 3 is 2.32 bits per heavy atom. The molecule has 0 radical (unpaired) electrons. The number of likely N-dealkylation sites (N-methyl/N-ethyl adjacent to an activating group) is 2. The molecule has 0 fully saturated rings. The van der Waals surface area contributed by atoms with Crippen LogP contribution in [0.25, 0.3) is 0 Å². The zero-order chi connectivity index (χ0) is 14.6. The number of carbonyl (C=O) groups excluding carboxylic acids is 1. The summed E-state index contributed by atoms with van der Waals surface area (Å²) in [5.74, 6) is 0.0849. The lowest BCUT2D eigenvalue weighted by atomic mass is 9.95. The number of hydrogen-bond donors (Lipinski definition) is 1. The van der Waals surface area contributed by atoms with Gasteiger partial charge in [0.05, 0.1) is 12.6 Å². The van der Waals surface area contributed by atoms with Crippen LogP contribution in [0, 0.1) is 6.92 Å². The van der Waals surface area contributed by atoms with Crippen molar-refractivity contribution >= 4 is 5.91 Å². The van der Waals surface area contributed by atoms with E-state index in [-0.39, 0.29) is 18.0 Å². The van der Waals surface area contributed by atoms with E-state index in [2.05, 4.69) is 19.1 Å². The Bertz CT molecular complexity index is 429. The molecule has 0 saturated heterocycles. The zero-order valence-corrected chi connectivity index (χ0v) is 12.6. The van der Waals surface area contributed by atoms with Gasteiger partial charge in [-0.15, -0.1) is 0 Å². The molecule has 0 spiro atoms. The van der Waals surface area contributed by atoms with E-state index in [0.29, 0.717) is 6.54 Å². The molecule has 0 aliphatic heterocycles. The molecule has 2 N–H and O–H groups in total. The number of amides is 1. The number of aryl methyl sites for hydroxylation is 1. The van der Waals surface area contributed by atoms with Gasteiger partial charge in [-0.05, 0) is 32.0 Å². The molecule has 0 aliphatic carbocycles. The third-order valence-corrected chi connectivity index (χ3v) is 3.36. The van der Waals surface area contributed by atoms with Gasteiger partial charge in [-0.25, -0.2) is 0 Å². The van der Waals surface area contributed by atoms with Crippen LogP contribution in [0.5, 0.6) is 0 Å². The molecule has 4 heteroatoms. The molecule has 1 aromatic rings. The normalized spacial score (nSPS) is 14.3. The van der Waals surface area contributed by atoms with Crippen LogP contribution in [-0.4, -0.2) is 49.4 Å². The van der Waals surface area contributed by atoms with Gasteiger partial charge in [0, 0.05) is 20.1 Å². The van der Waals surface area contributed by atoms with Crippen molar-refractivity contribution in [2.24, 2.45) is 5.73 Å². The van der Waals surface area contributed by atoms with E-state index in [1.165, 1.54) is 11.1 Å². The third-order valence-electron chi connectivity index (χ3n) is 3.36. The molecular weight excluding hydrogens is 238 g/mol. The first-order chi connectivity index (χ1) is 8.84. The van der Waals surface area contributed by atoms with Crippen LogP contribution in [0.4, 0.5) is 0 Å². The third kappa shape index (κ3) is 4.04. The first kappa shape index (κ1) is 15.7. The van der Waals surface area contributed by atoms with Crippen molar-refractivity contribution in [2.75, 3.05) is 27.7 Å². The van der Waals surface area contributed by atoms with Crippen molar-refractivity contribution in [2.45, 2.75) is 25.9 Å². The van der Waals surface area contributed by atoms with Crippen LogP contribution >= 0.6 is 0 Å². The van der Waals surface area contributed by atoms with Gasteiger partial charge >= 0.3 is 0 Å². The van der Waals surface area contributed by atoms with Crippen molar-refractivity contribution in [1.29, 1.82) is 0 Å². The number of hydrogen-bond acceptors (Lipinski definition) is 3. The van der Waals surface area contributed by atoms with Crippen LogP contribution in [-0.2, 0) is 4.79 Å². The van der Waals surface area contributed by atoms with Crippen molar-refractivity contribution in [3.05, 3.63) is 35.4 Å². The van der Waals surface area contributed by atoms with E-state index in [4.69, 9.17) is 5.73 Å². The van der Waals surface area contributed by atoms with E-state index in [9.17, 15) is 4.79 Å². The maximum atomic E-state index is 11.8. The Morgan fingerprint density at radius 1 is 1.26 bits per heavy atom. The quantitative estimate of drug-likeness (QED) is 0.873. The highest BCUT2D eigenvalue weighted by Crippen LogP contribution is 2.25. The molecule has 0 aromatic heterocycles. The number of nitrogens with zero attached hydrogens (tertiary/aromatic N) is 2. The predicted octanol–water partition coefficient (Wildman–Crippen LogP) is 1.40. The maximum Gasteiger partial charge on any atom is 0.236 e. The Hall–Kier alpha value is -1.39. The number of rotatable bonds is 5. The molecule has 0 heterocycles. The molecule has 0 bridgehead atoms. The average molecular weight is 263 g/mol. The molecule has 4 nitrogen and oxygen atoms in total. The second kappa shape index (κ2) is 6.68. The molecule has 19 heavy (non-hydrogen) atoms. The Labute approximate surface area is 116 Å². The smallest absolute Gasteiger partial charge is 0.236 e. The lowest BCUT2D eigenvalue weighted by Gasteiger charge is -2.32. The van der Waals surface area contributed by atoms with Gasteiger partial charge < -0.3 is 10.6 Å². The molecule has 2 unspecified atom stereocenters. The first-order valence-electron chi connectivity index (χ1n) is 6.56. The summed E-state index contributed by atoms with van der Waals surface area (Å²) in [4.78, 5) is 15.5. The first-order valence-corrected chi connectivity index (χ1v) is 6.56. The summed E-state index contributed by atoms with van der Waals surface area (Å²) in [6.07, 6.45) is 0. The molecule has 2 atom stereocenters. The van der Waals surface area contributed by atoms with Gasteiger partial charge in [-0.1, -0.05) is 24.3 Å². The van der Waals surface area contributed by atoms with E-state index < -0.39 is 0 Å². The van der Waals surface area contributed by atoms with Gasteiger partial charge in [0.25, 0.3) is 0 Å². The highest BCUT2D eigenvalue weighted by Gasteiger charge is 2.24. The molecule has 1 rings (SSSR count). The summed E-state index contributed by atoms with van der Waals surface area (Å²) < 4.78 is 0. The topological polar surface area (TPSA) is 49.6 Å². The van der Waals surface area contributed by atoms with Crippen molar-refractivity contribution in [3.8, 4) is 0 Å². The summed E-state index contributed by atoms with van der Waals surface area (Å²) in [6.45, 7) is 4.42. The van der Waals surface area contributed by atoms with E-state index >= 15 is 0 Å².